The van der Waals surface area contributed by atoms with E-state index in [-0.39, 0.29) is 35.8 Å². The lowest BCUT2D eigenvalue weighted by Gasteiger charge is -2.19. The van der Waals surface area contributed by atoms with Crippen LogP contribution >= 0.6 is 0 Å². The Morgan fingerprint density at radius 2 is 1.64 bits per heavy atom. The summed E-state index contributed by atoms with van der Waals surface area (Å²) in [7, 11) is 3.17. The summed E-state index contributed by atoms with van der Waals surface area (Å²) in [6, 6.07) is 9.10. The Hall–Kier alpha value is -3.75. The van der Waals surface area contributed by atoms with Crippen molar-refractivity contribution in [1.82, 2.24) is 19.4 Å². The smallest absolute Gasteiger partial charge is 0.263 e. The summed E-state index contributed by atoms with van der Waals surface area (Å²) in [6.07, 6.45) is 5.99. The summed E-state index contributed by atoms with van der Waals surface area (Å²) in [4.78, 5) is 49.6. The highest BCUT2D eigenvalue weighted by atomic mass is 16.5. The maximum absolute atomic E-state index is 13.4. The predicted octanol–water partition coefficient (Wildman–Crippen LogP) is 2.77. The van der Waals surface area contributed by atoms with Crippen molar-refractivity contribution < 1.29 is 19.1 Å². The molecule has 1 aromatic carbocycles. The maximum Gasteiger partial charge on any atom is 0.263 e. The summed E-state index contributed by atoms with van der Waals surface area (Å²) >= 11 is 0. The van der Waals surface area contributed by atoms with Crippen LogP contribution in [0.3, 0.4) is 0 Å². The first-order valence-corrected chi connectivity index (χ1v) is 12.4. The van der Waals surface area contributed by atoms with Gasteiger partial charge in [-0.1, -0.05) is 18.9 Å². The molecule has 2 atom stereocenters. The van der Waals surface area contributed by atoms with Gasteiger partial charge < -0.3 is 9.47 Å². The van der Waals surface area contributed by atoms with E-state index in [0.717, 1.165) is 31.2 Å². The second-order valence-electron chi connectivity index (χ2n) is 9.37. The van der Waals surface area contributed by atoms with Crippen LogP contribution in [0.5, 0.6) is 11.5 Å². The van der Waals surface area contributed by atoms with Crippen LogP contribution in [0.25, 0.3) is 11.0 Å². The van der Waals surface area contributed by atoms with Gasteiger partial charge in [0.1, 0.15) is 5.82 Å². The number of aromatic nitrogens is 3. The Morgan fingerprint density at radius 1 is 0.917 bits per heavy atom. The van der Waals surface area contributed by atoms with E-state index in [9.17, 15) is 14.4 Å². The van der Waals surface area contributed by atoms with Crippen LogP contribution in [-0.4, -0.2) is 52.0 Å². The first-order chi connectivity index (χ1) is 17.5. The van der Waals surface area contributed by atoms with Crippen molar-refractivity contribution >= 4 is 22.8 Å². The number of carbonyl (C=O) groups excluding carboxylic acids is 2. The third-order valence-corrected chi connectivity index (χ3v) is 7.37. The minimum absolute atomic E-state index is 0.0807. The van der Waals surface area contributed by atoms with E-state index in [4.69, 9.17) is 9.47 Å². The Kier molecular flexibility index (Phi) is 6.71. The molecule has 2 amide bonds. The number of ether oxygens (including phenoxy) is 2. The molecule has 2 aromatic heterocycles. The molecule has 1 saturated heterocycles. The molecule has 1 aliphatic carbocycles. The largest absolute Gasteiger partial charge is 0.493 e. The quantitative estimate of drug-likeness (QED) is 0.447. The molecular formula is C27H30N4O5. The highest BCUT2D eigenvalue weighted by Crippen LogP contribution is 2.38. The molecule has 188 valence electrons. The average molecular weight is 491 g/mol. The second kappa shape index (κ2) is 10.1. The number of imide groups is 1. The van der Waals surface area contributed by atoms with E-state index < -0.39 is 0 Å². The van der Waals surface area contributed by atoms with Gasteiger partial charge in [0.25, 0.3) is 5.56 Å². The van der Waals surface area contributed by atoms with Gasteiger partial charge in [-0.15, -0.1) is 0 Å². The summed E-state index contributed by atoms with van der Waals surface area (Å²) in [5.74, 6) is 1.23. The number of fused-ring (bicyclic) bond motifs is 2. The van der Waals surface area contributed by atoms with E-state index in [2.05, 4.69) is 9.97 Å². The van der Waals surface area contributed by atoms with E-state index in [0.29, 0.717) is 47.7 Å². The number of methoxy groups -OCH3 is 2. The van der Waals surface area contributed by atoms with E-state index in [1.54, 1.807) is 37.1 Å². The molecule has 1 saturated carbocycles. The van der Waals surface area contributed by atoms with Gasteiger partial charge in [0, 0.05) is 25.7 Å². The van der Waals surface area contributed by atoms with Crippen molar-refractivity contribution in [2.45, 2.75) is 45.1 Å². The number of hydrogen-bond donors (Lipinski definition) is 0. The third kappa shape index (κ3) is 4.34. The van der Waals surface area contributed by atoms with Gasteiger partial charge in [-0.2, -0.15) is 0 Å². The van der Waals surface area contributed by atoms with Crippen LogP contribution in [0.1, 0.15) is 37.1 Å². The Balaban J connectivity index is 1.41. The van der Waals surface area contributed by atoms with Gasteiger partial charge >= 0.3 is 0 Å². The number of likely N-dealkylation sites (tertiary alicyclic amines) is 1. The lowest BCUT2D eigenvalue weighted by molar-refractivity contribution is -0.139. The number of rotatable bonds is 8. The fraction of sp³-hybridized carbons (Fsp3) is 0.444. The second-order valence-corrected chi connectivity index (χ2v) is 9.37. The van der Waals surface area contributed by atoms with Crippen molar-refractivity contribution in [2.75, 3.05) is 20.8 Å². The SMILES string of the molecule is COc1ccc(CCn2c(CCN3C(=O)C4CCCCC4C3=O)nc3ncccc3c2=O)cc1OC. The molecule has 3 aromatic rings. The van der Waals surface area contributed by atoms with Crippen molar-refractivity contribution in [2.24, 2.45) is 11.8 Å². The molecule has 3 heterocycles. The van der Waals surface area contributed by atoms with Gasteiger partial charge in [0.05, 0.1) is 31.4 Å². The van der Waals surface area contributed by atoms with Crippen molar-refractivity contribution in [3.8, 4) is 11.5 Å². The standard InChI is InChI=1S/C27H30N4O5/c1-35-21-10-9-17(16-22(21)36-2)11-14-30-23(29-24-20(27(30)34)8-5-13-28-24)12-15-31-25(32)18-6-3-4-7-19(18)26(31)33/h5,8-10,13,16,18-19H,3-4,6-7,11-12,14-15H2,1-2H3. The zero-order chi connectivity index (χ0) is 25.2. The van der Waals surface area contributed by atoms with E-state index >= 15 is 0 Å². The predicted molar refractivity (Wildman–Crippen MR) is 133 cm³/mol. The third-order valence-electron chi connectivity index (χ3n) is 7.37. The zero-order valence-electron chi connectivity index (χ0n) is 20.6. The molecule has 0 N–H and O–H groups in total. The Bertz CT molecular complexity index is 1340. The molecule has 2 aliphatic rings. The minimum atomic E-state index is -0.190. The van der Waals surface area contributed by atoms with E-state index in [1.807, 2.05) is 18.2 Å². The van der Waals surface area contributed by atoms with Gasteiger partial charge in [-0.05, 0) is 49.1 Å². The van der Waals surface area contributed by atoms with Crippen LogP contribution < -0.4 is 15.0 Å². The molecule has 1 aliphatic heterocycles. The van der Waals surface area contributed by atoms with Crippen LogP contribution in [0, 0.1) is 11.8 Å². The van der Waals surface area contributed by atoms with E-state index in [1.165, 1.54) is 4.90 Å². The number of pyridine rings is 1. The first-order valence-electron chi connectivity index (χ1n) is 12.4. The normalized spacial score (nSPS) is 19.6. The molecule has 0 radical (unpaired) electrons. The number of hydrogen-bond acceptors (Lipinski definition) is 7. The Morgan fingerprint density at radius 3 is 2.33 bits per heavy atom. The van der Waals surface area contributed by atoms with Crippen LogP contribution in [0.4, 0.5) is 0 Å². The molecule has 0 bridgehead atoms. The van der Waals surface area contributed by atoms with Crippen LogP contribution in [0.15, 0.2) is 41.3 Å². The summed E-state index contributed by atoms with van der Waals surface area (Å²) < 4.78 is 12.4. The molecule has 9 heteroatoms. The zero-order valence-corrected chi connectivity index (χ0v) is 20.6. The first kappa shape index (κ1) is 24.0. The molecule has 5 rings (SSSR count). The number of aryl methyl sites for hydroxylation is 1. The maximum atomic E-state index is 13.4. The van der Waals surface area contributed by atoms with Crippen LogP contribution in [0.2, 0.25) is 0 Å². The molecular weight excluding hydrogens is 460 g/mol. The molecule has 0 spiro atoms. The highest BCUT2D eigenvalue weighted by molar-refractivity contribution is 6.05. The molecule has 2 fully saturated rings. The molecule has 2 unspecified atom stereocenters. The summed E-state index contributed by atoms with van der Waals surface area (Å²) in [6.45, 7) is 0.598. The van der Waals surface area contributed by atoms with Crippen molar-refractivity contribution in [3.05, 3.63) is 58.3 Å². The number of benzene rings is 1. The number of amides is 2. The fourth-order valence-electron chi connectivity index (χ4n) is 5.46. The fourth-order valence-corrected chi connectivity index (χ4v) is 5.46. The van der Waals surface area contributed by atoms with Gasteiger partial charge in [0.15, 0.2) is 17.1 Å². The van der Waals surface area contributed by atoms with Gasteiger partial charge in [-0.25, -0.2) is 9.97 Å². The van der Waals surface area contributed by atoms with Crippen LogP contribution in [-0.2, 0) is 29.0 Å². The van der Waals surface area contributed by atoms with Gasteiger partial charge in [0.2, 0.25) is 11.8 Å². The molecule has 36 heavy (non-hydrogen) atoms. The highest BCUT2D eigenvalue weighted by Gasteiger charge is 2.47. The lowest BCUT2D eigenvalue weighted by Crippen LogP contribution is -2.35. The average Bonchev–Trinajstić information content (AvgIpc) is 3.16. The summed E-state index contributed by atoms with van der Waals surface area (Å²) in [5, 5.41) is 0.438. The van der Waals surface area contributed by atoms with Crippen molar-refractivity contribution in [1.29, 1.82) is 0 Å². The monoisotopic (exact) mass is 490 g/mol. The minimum Gasteiger partial charge on any atom is -0.493 e. The van der Waals surface area contributed by atoms with Crippen molar-refractivity contribution in [3.63, 3.8) is 0 Å². The Labute approximate surface area is 209 Å². The lowest BCUT2D eigenvalue weighted by atomic mass is 9.81. The topological polar surface area (TPSA) is 104 Å². The number of nitrogens with zero attached hydrogens (tertiary/aromatic N) is 4. The molecule has 9 nitrogen and oxygen atoms in total. The number of carbonyl (C=O) groups is 2. The summed E-state index contributed by atoms with van der Waals surface area (Å²) in [5.41, 5.74) is 1.16. The van der Waals surface area contributed by atoms with Gasteiger partial charge in [-0.3, -0.25) is 23.9 Å².